The maximum absolute atomic E-state index is 11.2. The Balaban J connectivity index is 2.35. The molecule has 1 aliphatic carbocycles. The number of carboxylic acids is 1. The summed E-state index contributed by atoms with van der Waals surface area (Å²) in [5.41, 5.74) is 1.14. The normalized spacial score (nSPS) is 20.9. The van der Waals surface area contributed by atoms with Crippen molar-refractivity contribution in [3.63, 3.8) is 0 Å². The number of carbonyl (C=O) groups is 2. The van der Waals surface area contributed by atoms with Crippen molar-refractivity contribution in [1.29, 1.82) is 0 Å². The van der Waals surface area contributed by atoms with Crippen LogP contribution in [0.1, 0.15) is 32.6 Å². The number of aliphatic carboxylic acids is 1. The number of hydrogen-bond acceptors (Lipinski definition) is 2. The molecule has 1 aliphatic rings. The monoisotopic (exact) mass is 211 g/mol. The predicted molar refractivity (Wildman–Crippen MR) is 56.4 cm³/mol. The second-order valence-electron chi connectivity index (χ2n) is 4.10. The molecule has 4 heteroatoms. The van der Waals surface area contributed by atoms with E-state index in [0.717, 1.165) is 37.2 Å². The van der Waals surface area contributed by atoms with Crippen molar-refractivity contribution in [3.8, 4) is 0 Å². The predicted octanol–water partition coefficient (Wildman–Crippen LogP) is 1.32. The van der Waals surface area contributed by atoms with Crippen LogP contribution in [0, 0.1) is 5.92 Å². The summed E-state index contributed by atoms with van der Waals surface area (Å²) in [5.74, 6) is -0.565. The number of rotatable bonds is 3. The van der Waals surface area contributed by atoms with Gasteiger partial charge in [-0.25, -0.2) is 0 Å². The van der Waals surface area contributed by atoms with Crippen LogP contribution in [-0.2, 0) is 9.59 Å². The molecule has 2 N–H and O–H groups in total. The SMILES string of the molecule is CC1CCC(=CC(=O)NCC(=O)O)CC1. The van der Waals surface area contributed by atoms with E-state index in [1.165, 1.54) is 0 Å². The molecular formula is C11H17NO3. The lowest BCUT2D eigenvalue weighted by molar-refractivity contribution is -0.137. The number of hydrogen-bond donors (Lipinski definition) is 2. The number of carboxylic acid groups (broad SMARTS) is 1. The number of amides is 1. The highest BCUT2D eigenvalue weighted by atomic mass is 16.4. The second-order valence-corrected chi connectivity index (χ2v) is 4.10. The molecule has 1 rings (SSSR count). The smallest absolute Gasteiger partial charge is 0.322 e. The molecule has 0 aromatic rings. The fraction of sp³-hybridized carbons (Fsp3) is 0.636. The Morgan fingerprint density at radius 3 is 2.60 bits per heavy atom. The molecule has 0 spiro atoms. The van der Waals surface area contributed by atoms with Crippen LogP contribution < -0.4 is 5.32 Å². The van der Waals surface area contributed by atoms with E-state index in [4.69, 9.17) is 5.11 Å². The van der Waals surface area contributed by atoms with Gasteiger partial charge in [-0.2, -0.15) is 0 Å². The first-order valence-corrected chi connectivity index (χ1v) is 5.27. The van der Waals surface area contributed by atoms with E-state index in [-0.39, 0.29) is 12.5 Å². The minimum Gasteiger partial charge on any atom is -0.480 e. The lowest BCUT2D eigenvalue weighted by Crippen LogP contribution is -2.28. The zero-order chi connectivity index (χ0) is 11.3. The maximum atomic E-state index is 11.2. The van der Waals surface area contributed by atoms with Gasteiger partial charge in [0.25, 0.3) is 0 Å². The summed E-state index contributed by atoms with van der Waals surface area (Å²) in [4.78, 5) is 21.4. The molecule has 0 aromatic heterocycles. The molecule has 1 fully saturated rings. The van der Waals surface area contributed by atoms with Crippen LogP contribution in [0.5, 0.6) is 0 Å². The van der Waals surface area contributed by atoms with Gasteiger partial charge in [0.05, 0.1) is 0 Å². The molecule has 0 atom stereocenters. The van der Waals surface area contributed by atoms with Crippen molar-refractivity contribution in [2.75, 3.05) is 6.54 Å². The lowest BCUT2D eigenvalue weighted by Gasteiger charge is -2.19. The first-order valence-electron chi connectivity index (χ1n) is 5.27. The van der Waals surface area contributed by atoms with Crippen molar-refractivity contribution in [3.05, 3.63) is 11.6 Å². The first kappa shape index (κ1) is 11.8. The summed E-state index contributed by atoms with van der Waals surface area (Å²) < 4.78 is 0. The third kappa shape index (κ3) is 4.63. The van der Waals surface area contributed by atoms with Gasteiger partial charge in [0.15, 0.2) is 0 Å². The van der Waals surface area contributed by atoms with Gasteiger partial charge in [0.1, 0.15) is 6.54 Å². The topological polar surface area (TPSA) is 66.4 Å². The average Bonchev–Trinajstić information content (AvgIpc) is 2.19. The summed E-state index contributed by atoms with van der Waals surface area (Å²) >= 11 is 0. The minimum atomic E-state index is -1.01. The van der Waals surface area contributed by atoms with Gasteiger partial charge in [-0.05, 0) is 31.6 Å². The Hall–Kier alpha value is -1.32. The number of allylic oxidation sites excluding steroid dienone is 1. The Morgan fingerprint density at radius 2 is 2.07 bits per heavy atom. The van der Waals surface area contributed by atoms with Crippen LogP contribution >= 0.6 is 0 Å². The Bertz CT molecular complexity index is 274. The van der Waals surface area contributed by atoms with Gasteiger partial charge in [0, 0.05) is 6.08 Å². The van der Waals surface area contributed by atoms with Gasteiger partial charge in [-0.3, -0.25) is 9.59 Å². The van der Waals surface area contributed by atoms with Crippen molar-refractivity contribution in [2.45, 2.75) is 32.6 Å². The van der Waals surface area contributed by atoms with E-state index in [9.17, 15) is 9.59 Å². The lowest BCUT2D eigenvalue weighted by atomic mass is 9.87. The Labute approximate surface area is 89.4 Å². The van der Waals surface area contributed by atoms with Crippen LogP contribution in [0.2, 0.25) is 0 Å². The van der Waals surface area contributed by atoms with E-state index in [0.29, 0.717) is 0 Å². The third-order valence-corrected chi connectivity index (χ3v) is 2.67. The Morgan fingerprint density at radius 1 is 1.47 bits per heavy atom. The molecule has 0 radical (unpaired) electrons. The van der Waals surface area contributed by atoms with Crippen molar-refractivity contribution in [1.82, 2.24) is 5.32 Å². The Kier molecular flexibility index (Phi) is 4.34. The van der Waals surface area contributed by atoms with E-state index in [1.54, 1.807) is 6.08 Å². The standard InChI is InChI=1S/C11H17NO3/c1-8-2-4-9(5-3-8)6-10(13)12-7-11(14)15/h6,8H,2-5,7H2,1H3,(H,12,13)(H,14,15). The van der Waals surface area contributed by atoms with Crippen LogP contribution in [-0.4, -0.2) is 23.5 Å². The zero-order valence-electron chi connectivity index (χ0n) is 8.95. The van der Waals surface area contributed by atoms with Crippen LogP contribution in [0.4, 0.5) is 0 Å². The molecular weight excluding hydrogens is 194 g/mol. The highest BCUT2D eigenvalue weighted by Gasteiger charge is 2.13. The minimum absolute atomic E-state index is 0.290. The molecule has 0 unspecified atom stereocenters. The van der Waals surface area contributed by atoms with Gasteiger partial charge >= 0.3 is 5.97 Å². The van der Waals surface area contributed by atoms with Gasteiger partial charge in [0.2, 0.25) is 5.91 Å². The number of nitrogens with one attached hydrogen (secondary N) is 1. The molecule has 15 heavy (non-hydrogen) atoms. The summed E-state index contributed by atoms with van der Waals surface area (Å²) in [7, 11) is 0. The summed E-state index contributed by atoms with van der Waals surface area (Å²) in [6.45, 7) is 1.90. The largest absolute Gasteiger partial charge is 0.480 e. The summed E-state index contributed by atoms with van der Waals surface area (Å²) in [6, 6.07) is 0. The fourth-order valence-corrected chi connectivity index (χ4v) is 1.68. The van der Waals surface area contributed by atoms with Gasteiger partial charge < -0.3 is 10.4 Å². The van der Waals surface area contributed by atoms with E-state index in [2.05, 4.69) is 12.2 Å². The third-order valence-electron chi connectivity index (χ3n) is 2.67. The van der Waals surface area contributed by atoms with Crippen LogP contribution in [0.3, 0.4) is 0 Å². The molecule has 0 saturated heterocycles. The van der Waals surface area contributed by atoms with Crippen molar-refractivity contribution < 1.29 is 14.7 Å². The summed E-state index contributed by atoms with van der Waals surface area (Å²) in [5, 5.41) is 10.7. The van der Waals surface area contributed by atoms with Crippen molar-refractivity contribution in [2.24, 2.45) is 5.92 Å². The van der Waals surface area contributed by atoms with Crippen LogP contribution in [0.25, 0.3) is 0 Å². The van der Waals surface area contributed by atoms with Gasteiger partial charge in [-0.1, -0.05) is 12.5 Å². The second kappa shape index (κ2) is 5.53. The zero-order valence-corrected chi connectivity index (χ0v) is 8.95. The molecule has 0 heterocycles. The van der Waals surface area contributed by atoms with Crippen molar-refractivity contribution >= 4 is 11.9 Å². The molecule has 0 aliphatic heterocycles. The molecule has 0 aromatic carbocycles. The van der Waals surface area contributed by atoms with Gasteiger partial charge in [-0.15, -0.1) is 0 Å². The molecule has 84 valence electrons. The molecule has 0 bridgehead atoms. The summed E-state index contributed by atoms with van der Waals surface area (Å²) in [6.07, 6.45) is 5.72. The van der Waals surface area contributed by atoms with E-state index < -0.39 is 5.97 Å². The molecule has 1 amide bonds. The highest BCUT2D eigenvalue weighted by Crippen LogP contribution is 2.27. The average molecular weight is 211 g/mol. The molecule has 4 nitrogen and oxygen atoms in total. The van der Waals surface area contributed by atoms with E-state index >= 15 is 0 Å². The quantitative estimate of drug-likeness (QED) is 0.692. The number of carbonyl (C=O) groups excluding carboxylic acids is 1. The fourth-order valence-electron chi connectivity index (χ4n) is 1.68. The molecule has 1 saturated carbocycles. The maximum Gasteiger partial charge on any atom is 0.322 e. The van der Waals surface area contributed by atoms with E-state index in [1.807, 2.05) is 0 Å². The van der Waals surface area contributed by atoms with Crippen LogP contribution in [0.15, 0.2) is 11.6 Å². The highest BCUT2D eigenvalue weighted by molar-refractivity contribution is 5.90. The first-order chi connectivity index (χ1) is 7.08.